The van der Waals surface area contributed by atoms with Gasteiger partial charge in [-0.25, -0.2) is 0 Å². The number of ketones is 1. The smallest absolute Gasteiger partial charge is 0.162 e. The summed E-state index contributed by atoms with van der Waals surface area (Å²) in [6.07, 6.45) is 4.75. The van der Waals surface area contributed by atoms with Crippen molar-refractivity contribution in [2.24, 2.45) is 0 Å². The maximum absolute atomic E-state index is 11.6. The van der Waals surface area contributed by atoms with E-state index < -0.39 is 0 Å². The lowest BCUT2D eigenvalue weighted by atomic mass is 10.1. The Morgan fingerprint density at radius 3 is 2.67 bits per heavy atom. The van der Waals surface area contributed by atoms with Crippen LogP contribution in [0.2, 0.25) is 0 Å². The van der Waals surface area contributed by atoms with Crippen LogP contribution < -0.4 is 0 Å². The molecule has 1 aromatic heterocycles. The maximum atomic E-state index is 11.6. The zero-order valence-corrected chi connectivity index (χ0v) is 8.60. The van der Waals surface area contributed by atoms with Crippen LogP contribution in [0.25, 0.3) is 11.0 Å². The number of benzene rings is 1. The lowest BCUT2D eigenvalue weighted by Crippen LogP contribution is -1.98. The first kappa shape index (κ1) is 9.77. The van der Waals surface area contributed by atoms with Crippen LogP contribution in [-0.2, 0) is 0 Å². The van der Waals surface area contributed by atoms with Gasteiger partial charge in [-0.05, 0) is 24.6 Å². The number of hydrogen-bond donors (Lipinski definition) is 0. The zero-order valence-electron chi connectivity index (χ0n) is 8.60. The third-order valence-electron chi connectivity index (χ3n) is 2.27. The molecule has 3 heteroatoms. The third-order valence-corrected chi connectivity index (χ3v) is 2.27. The number of nitrogens with zero attached hydrogens (tertiary/aromatic N) is 2. The number of carbonyl (C=O) groups is 1. The molecule has 0 atom stereocenters. The normalized spacial score (nSPS) is 10.5. The summed E-state index contributed by atoms with van der Waals surface area (Å²) < 4.78 is 0. The molecule has 0 aliphatic heterocycles. The summed E-state index contributed by atoms with van der Waals surface area (Å²) in [5.74, 6) is 0.171. The highest BCUT2D eigenvalue weighted by molar-refractivity contribution is 5.98. The number of carbonyl (C=O) groups excluding carboxylic acids is 1. The van der Waals surface area contributed by atoms with Crippen molar-refractivity contribution in [1.82, 2.24) is 9.97 Å². The Labute approximate surface area is 88.2 Å². The Morgan fingerprint density at radius 2 is 1.93 bits per heavy atom. The van der Waals surface area contributed by atoms with Gasteiger partial charge in [0.05, 0.1) is 11.0 Å². The predicted octanol–water partition coefficient (Wildman–Crippen LogP) is 2.61. The number of rotatable bonds is 3. The molecular formula is C12H12N2O. The number of fused-ring (bicyclic) bond motifs is 1. The summed E-state index contributed by atoms with van der Waals surface area (Å²) >= 11 is 0. The molecule has 0 aliphatic rings. The molecule has 2 aromatic rings. The van der Waals surface area contributed by atoms with Crippen molar-refractivity contribution < 1.29 is 4.79 Å². The molecule has 0 N–H and O–H groups in total. The average Bonchev–Trinajstić information content (AvgIpc) is 2.29. The zero-order chi connectivity index (χ0) is 10.7. The van der Waals surface area contributed by atoms with E-state index in [1.165, 1.54) is 0 Å². The third kappa shape index (κ3) is 2.01. The summed E-state index contributed by atoms with van der Waals surface area (Å²) in [5, 5.41) is 0. The summed E-state index contributed by atoms with van der Waals surface area (Å²) in [6, 6.07) is 5.46. The summed E-state index contributed by atoms with van der Waals surface area (Å²) in [5.41, 5.74) is 2.33. The van der Waals surface area contributed by atoms with Gasteiger partial charge in [0, 0.05) is 24.4 Å². The van der Waals surface area contributed by atoms with Crippen molar-refractivity contribution in [3.05, 3.63) is 36.2 Å². The Balaban J connectivity index is 2.42. The number of aromatic nitrogens is 2. The van der Waals surface area contributed by atoms with Crippen LogP contribution in [0.1, 0.15) is 30.1 Å². The number of hydrogen-bond acceptors (Lipinski definition) is 3. The minimum absolute atomic E-state index is 0.171. The van der Waals surface area contributed by atoms with Gasteiger partial charge in [-0.15, -0.1) is 0 Å². The first-order valence-electron chi connectivity index (χ1n) is 5.05. The Kier molecular flexibility index (Phi) is 2.72. The SMILES string of the molecule is CCCC(=O)c1ccc2nccnc2c1. The van der Waals surface area contributed by atoms with Crippen LogP contribution in [0.3, 0.4) is 0 Å². The highest BCUT2D eigenvalue weighted by Crippen LogP contribution is 2.12. The summed E-state index contributed by atoms with van der Waals surface area (Å²) in [7, 11) is 0. The topological polar surface area (TPSA) is 42.9 Å². The van der Waals surface area contributed by atoms with Gasteiger partial charge in [-0.3, -0.25) is 14.8 Å². The van der Waals surface area contributed by atoms with E-state index in [0.29, 0.717) is 6.42 Å². The van der Waals surface area contributed by atoms with E-state index in [1.807, 2.05) is 19.1 Å². The molecule has 3 nitrogen and oxygen atoms in total. The first-order chi connectivity index (χ1) is 7.31. The van der Waals surface area contributed by atoms with E-state index >= 15 is 0 Å². The molecule has 0 saturated carbocycles. The highest BCUT2D eigenvalue weighted by atomic mass is 16.1. The molecule has 0 amide bonds. The molecular weight excluding hydrogens is 188 g/mol. The fourth-order valence-corrected chi connectivity index (χ4v) is 1.51. The maximum Gasteiger partial charge on any atom is 0.162 e. The fourth-order valence-electron chi connectivity index (χ4n) is 1.51. The standard InChI is InChI=1S/C12H12N2O/c1-2-3-12(15)9-4-5-10-11(8-9)14-7-6-13-10/h4-8H,2-3H2,1H3. The van der Waals surface area contributed by atoms with Crippen LogP contribution in [0.4, 0.5) is 0 Å². The Hall–Kier alpha value is -1.77. The second-order valence-corrected chi connectivity index (χ2v) is 3.43. The quantitative estimate of drug-likeness (QED) is 0.715. The second kappa shape index (κ2) is 4.17. The van der Waals surface area contributed by atoms with E-state index in [0.717, 1.165) is 23.0 Å². The first-order valence-corrected chi connectivity index (χ1v) is 5.05. The molecule has 0 unspecified atom stereocenters. The molecule has 0 fully saturated rings. The van der Waals surface area contributed by atoms with Gasteiger partial charge in [-0.2, -0.15) is 0 Å². The number of Topliss-reactive ketones (excluding diaryl/α,β-unsaturated/α-hetero) is 1. The fraction of sp³-hybridized carbons (Fsp3) is 0.250. The van der Waals surface area contributed by atoms with Crippen molar-refractivity contribution in [2.75, 3.05) is 0 Å². The van der Waals surface area contributed by atoms with Gasteiger partial charge in [0.15, 0.2) is 5.78 Å². The van der Waals surface area contributed by atoms with Gasteiger partial charge in [0.2, 0.25) is 0 Å². The van der Waals surface area contributed by atoms with Crippen molar-refractivity contribution in [2.45, 2.75) is 19.8 Å². The van der Waals surface area contributed by atoms with Gasteiger partial charge in [0.1, 0.15) is 0 Å². The molecule has 0 spiro atoms. The minimum Gasteiger partial charge on any atom is -0.294 e. The molecule has 0 aliphatic carbocycles. The van der Waals surface area contributed by atoms with Crippen LogP contribution in [0.15, 0.2) is 30.6 Å². The molecule has 2 rings (SSSR count). The van der Waals surface area contributed by atoms with Gasteiger partial charge in [-0.1, -0.05) is 6.92 Å². The molecule has 1 heterocycles. The minimum atomic E-state index is 0.171. The highest BCUT2D eigenvalue weighted by Gasteiger charge is 2.05. The summed E-state index contributed by atoms with van der Waals surface area (Å²) in [6.45, 7) is 2.00. The van der Waals surface area contributed by atoms with Gasteiger partial charge >= 0.3 is 0 Å². The van der Waals surface area contributed by atoms with Gasteiger partial charge in [0.25, 0.3) is 0 Å². The molecule has 15 heavy (non-hydrogen) atoms. The van der Waals surface area contributed by atoms with Crippen LogP contribution in [0, 0.1) is 0 Å². The molecule has 1 aromatic carbocycles. The van der Waals surface area contributed by atoms with E-state index in [2.05, 4.69) is 9.97 Å². The van der Waals surface area contributed by atoms with Gasteiger partial charge < -0.3 is 0 Å². The molecule has 0 saturated heterocycles. The van der Waals surface area contributed by atoms with Crippen molar-refractivity contribution in [1.29, 1.82) is 0 Å². The Bertz CT molecular complexity index is 494. The molecule has 76 valence electrons. The van der Waals surface area contributed by atoms with Crippen LogP contribution in [0.5, 0.6) is 0 Å². The van der Waals surface area contributed by atoms with E-state index in [9.17, 15) is 4.79 Å². The van der Waals surface area contributed by atoms with E-state index in [4.69, 9.17) is 0 Å². The largest absolute Gasteiger partial charge is 0.294 e. The predicted molar refractivity (Wildman–Crippen MR) is 58.8 cm³/mol. The molecule has 0 bridgehead atoms. The van der Waals surface area contributed by atoms with Crippen molar-refractivity contribution >= 4 is 16.8 Å². The van der Waals surface area contributed by atoms with Crippen molar-refractivity contribution in [3.63, 3.8) is 0 Å². The molecule has 0 radical (unpaired) electrons. The van der Waals surface area contributed by atoms with Crippen LogP contribution >= 0.6 is 0 Å². The lowest BCUT2D eigenvalue weighted by Gasteiger charge is -2.00. The van der Waals surface area contributed by atoms with Crippen molar-refractivity contribution in [3.8, 4) is 0 Å². The van der Waals surface area contributed by atoms with E-state index in [1.54, 1.807) is 18.5 Å². The van der Waals surface area contributed by atoms with Crippen LogP contribution in [-0.4, -0.2) is 15.8 Å². The summed E-state index contributed by atoms with van der Waals surface area (Å²) in [4.78, 5) is 20.0. The Morgan fingerprint density at radius 1 is 1.20 bits per heavy atom. The average molecular weight is 200 g/mol. The monoisotopic (exact) mass is 200 g/mol. The lowest BCUT2D eigenvalue weighted by molar-refractivity contribution is 0.0982. The second-order valence-electron chi connectivity index (χ2n) is 3.43. The van der Waals surface area contributed by atoms with E-state index in [-0.39, 0.29) is 5.78 Å².